The lowest BCUT2D eigenvalue weighted by atomic mass is 10.1. The molecule has 3 rings (SSSR count). The minimum Gasteiger partial charge on any atom is -0.356 e. The smallest absolute Gasteiger partial charge is 0.191 e. The minimum absolute atomic E-state index is 0.169. The van der Waals surface area contributed by atoms with E-state index < -0.39 is 0 Å². The number of aliphatic imine (C=N–C) groups is 1. The van der Waals surface area contributed by atoms with Crippen LogP contribution in [0.2, 0.25) is 0 Å². The number of halogens is 1. The predicted molar refractivity (Wildman–Crippen MR) is 121 cm³/mol. The van der Waals surface area contributed by atoms with Crippen LogP contribution in [0, 0.1) is 12.7 Å². The van der Waals surface area contributed by atoms with Crippen molar-refractivity contribution in [2.75, 3.05) is 27.7 Å². The third kappa shape index (κ3) is 5.57. The molecule has 0 amide bonds. The molecule has 1 aromatic heterocycles. The number of para-hydroxylation sites is 2. The Morgan fingerprint density at radius 2 is 1.97 bits per heavy atom. The topological polar surface area (TPSA) is 57.5 Å². The van der Waals surface area contributed by atoms with Gasteiger partial charge in [-0.05, 0) is 57.3 Å². The summed E-state index contributed by atoms with van der Waals surface area (Å²) in [5.74, 6) is 1.60. The molecule has 0 unspecified atom stereocenters. The maximum absolute atomic E-state index is 14.0. The highest BCUT2D eigenvalue weighted by molar-refractivity contribution is 5.79. The molecule has 2 aromatic carbocycles. The Labute approximate surface area is 177 Å². The first-order chi connectivity index (χ1) is 14.5. The zero-order valence-corrected chi connectivity index (χ0v) is 18.2. The van der Waals surface area contributed by atoms with Crippen molar-refractivity contribution < 1.29 is 4.39 Å². The molecular formula is C23H31FN6. The normalized spacial score (nSPS) is 12.0. The van der Waals surface area contributed by atoms with Crippen molar-refractivity contribution in [1.82, 2.24) is 25.1 Å². The number of aryl methyl sites for hydroxylation is 2. The van der Waals surface area contributed by atoms with Crippen LogP contribution in [-0.4, -0.2) is 48.1 Å². The Hall–Kier alpha value is -2.93. The number of benzene rings is 2. The quantitative estimate of drug-likeness (QED) is 0.340. The van der Waals surface area contributed by atoms with E-state index in [-0.39, 0.29) is 5.82 Å². The van der Waals surface area contributed by atoms with E-state index in [0.29, 0.717) is 18.7 Å². The van der Waals surface area contributed by atoms with Crippen LogP contribution in [0.25, 0.3) is 11.0 Å². The first-order valence-electron chi connectivity index (χ1n) is 10.3. The first-order valence-corrected chi connectivity index (χ1v) is 10.3. The van der Waals surface area contributed by atoms with Crippen molar-refractivity contribution in [3.8, 4) is 0 Å². The fourth-order valence-electron chi connectivity index (χ4n) is 3.53. The molecule has 0 saturated heterocycles. The molecule has 2 N–H and O–H groups in total. The molecule has 7 heteroatoms. The van der Waals surface area contributed by atoms with E-state index in [9.17, 15) is 4.39 Å². The molecule has 0 spiro atoms. The van der Waals surface area contributed by atoms with Crippen LogP contribution in [0.1, 0.15) is 23.4 Å². The van der Waals surface area contributed by atoms with Gasteiger partial charge in [0.15, 0.2) is 5.96 Å². The highest BCUT2D eigenvalue weighted by atomic mass is 19.1. The molecular weight excluding hydrogens is 379 g/mol. The average molecular weight is 411 g/mol. The molecule has 0 bridgehead atoms. The van der Waals surface area contributed by atoms with Crippen LogP contribution < -0.4 is 10.6 Å². The van der Waals surface area contributed by atoms with Crippen LogP contribution >= 0.6 is 0 Å². The lowest BCUT2D eigenvalue weighted by molar-refractivity contribution is 0.392. The first kappa shape index (κ1) is 21.8. The van der Waals surface area contributed by atoms with Crippen molar-refractivity contribution in [3.05, 3.63) is 65.2 Å². The van der Waals surface area contributed by atoms with Crippen molar-refractivity contribution in [1.29, 1.82) is 0 Å². The molecule has 0 atom stereocenters. The second kappa shape index (κ2) is 10.2. The van der Waals surface area contributed by atoms with Gasteiger partial charge in [0.1, 0.15) is 11.6 Å². The summed E-state index contributed by atoms with van der Waals surface area (Å²) in [5.41, 5.74) is 3.93. The van der Waals surface area contributed by atoms with Gasteiger partial charge in [0.25, 0.3) is 0 Å². The van der Waals surface area contributed by atoms with Crippen LogP contribution in [-0.2, 0) is 19.6 Å². The zero-order valence-electron chi connectivity index (χ0n) is 18.2. The van der Waals surface area contributed by atoms with E-state index in [1.54, 1.807) is 7.05 Å². The van der Waals surface area contributed by atoms with Gasteiger partial charge in [-0.25, -0.2) is 9.37 Å². The van der Waals surface area contributed by atoms with Gasteiger partial charge in [0.2, 0.25) is 0 Å². The predicted octanol–water partition coefficient (Wildman–Crippen LogP) is 3.30. The summed E-state index contributed by atoms with van der Waals surface area (Å²) in [7, 11) is 5.62. The molecule has 0 radical (unpaired) electrons. The molecule has 6 nitrogen and oxygen atoms in total. The van der Waals surface area contributed by atoms with E-state index in [4.69, 9.17) is 0 Å². The highest BCUT2D eigenvalue weighted by Crippen LogP contribution is 2.15. The number of hydrogen-bond acceptors (Lipinski definition) is 3. The SMILES string of the molecule is CN=C(NCCCn1c(C)nc2ccccc21)NCc1ccc(F)c(CN(C)C)c1. The minimum atomic E-state index is -0.169. The maximum atomic E-state index is 14.0. The van der Waals surface area contributed by atoms with E-state index in [1.807, 2.05) is 56.3 Å². The Morgan fingerprint density at radius 3 is 2.73 bits per heavy atom. The van der Waals surface area contributed by atoms with E-state index in [2.05, 4.69) is 31.2 Å². The number of nitrogens with one attached hydrogen (secondary N) is 2. The lowest BCUT2D eigenvalue weighted by Crippen LogP contribution is -2.37. The van der Waals surface area contributed by atoms with Crippen molar-refractivity contribution in [2.24, 2.45) is 4.99 Å². The van der Waals surface area contributed by atoms with Crippen molar-refractivity contribution >= 4 is 17.0 Å². The van der Waals surface area contributed by atoms with Crippen LogP contribution in [0.3, 0.4) is 0 Å². The van der Waals surface area contributed by atoms with Crippen molar-refractivity contribution in [2.45, 2.75) is 33.0 Å². The zero-order chi connectivity index (χ0) is 21.5. The van der Waals surface area contributed by atoms with E-state index in [0.717, 1.165) is 42.4 Å². The molecule has 30 heavy (non-hydrogen) atoms. The molecule has 0 fully saturated rings. The Morgan fingerprint density at radius 1 is 1.17 bits per heavy atom. The summed E-state index contributed by atoms with van der Waals surface area (Å²) in [4.78, 5) is 10.9. The number of hydrogen-bond donors (Lipinski definition) is 2. The van der Waals surface area contributed by atoms with Crippen LogP contribution in [0.5, 0.6) is 0 Å². The summed E-state index contributed by atoms with van der Waals surface area (Å²) >= 11 is 0. The van der Waals surface area contributed by atoms with Gasteiger partial charge in [-0.15, -0.1) is 0 Å². The summed E-state index contributed by atoms with van der Waals surface area (Å²) in [6.45, 7) is 4.89. The molecule has 1 heterocycles. The Kier molecular flexibility index (Phi) is 7.41. The van der Waals surface area contributed by atoms with Crippen LogP contribution in [0.15, 0.2) is 47.5 Å². The number of rotatable bonds is 8. The summed E-state index contributed by atoms with van der Waals surface area (Å²) in [6.07, 6.45) is 0.950. The second-order valence-electron chi connectivity index (χ2n) is 7.67. The number of guanidine groups is 1. The second-order valence-corrected chi connectivity index (χ2v) is 7.67. The van der Waals surface area contributed by atoms with E-state index in [1.165, 1.54) is 11.6 Å². The average Bonchev–Trinajstić information content (AvgIpc) is 3.04. The molecule has 0 aliphatic carbocycles. The Bertz CT molecular complexity index is 1010. The number of aromatic nitrogens is 2. The monoisotopic (exact) mass is 410 g/mol. The number of fused-ring (bicyclic) bond motifs is 1. The fraction of sp³-hybridized carbons (Fsp3) is 0.391. The molecule has 0 aliphatic heterocycles. The van der Waals surface area contributed by atoms with Gasteiger partial charge in [-0.1, -0.05) is 18.2 Å². The van der Waals surface area contributed by atoms with Crippen molar-refractivity contribution in [3.63, 3.8) is 0 Å². The number of nitrogens with zero attached hydrogens (tertiary/aromatic N) is 4. The van der Waals surface area contributed by atoms with Gasteiger partial charge in [0, 0.05) is 38.8 Å². The van der Waals surface area contributed by atoms with E-state index >= 15 is 0 Å². The maximum Gasteiger partial charge on any atom is 0.191 e. The third-order valence-corrected chi connectivity index (χ3v) is 4.98. The molecule has 3 aromatic rings. The lowest BCUT2D eigenvalue weighted by Gasteiger charge is -2.14. The van der Waals surface area contributed by atoms with Gasteiger partial charge in [0.05, 0.1) is 11.0 Å². The molecule has 0 saturated carbocycles. The summed E-state index contributed by atoms with van der Waals surface area (Å²) < 4.78 is 16.2. The Balaban J connectivity index is 1.49. The summed E-state index contributed by atoms with van der Waals surface area (Å²) in [6, 6.07) is 13.5. The largest absolute Gasteiger partial charge is 0.356 e. The van der Waals surface area contributed by atoms with Gasteiger partial charge in [-0.2, -0.15) is 0 Å². The molecule has 160 valence electrons. The summed E-state index contributed by atoms with van der Waals surface area (Å²) in [5, 5.41) is 6.65. The standard InChI is InChI=1S/C23H31FN6/c1-17-28-21-8-5-6-9-22(21)30(17)13-7-12-26-23(25-2)27-15-18-10-11-20(24)19(14-18)16-29(3)4/h5-6,8-11,14H,7,12-13,15-16H2,1-4H3,(H2,25,26,27). The van der Waals surface area contributed by atoms with Gasteiger partial charge < -0.3 is 20.1 Å². The van der Waals surface area contributed by atoms with Gasteiger partial charge >= 0.3 is 0 Å². The molecule has 0 aliphatic rings. The number of imidazole rings is 1. The van der Waals surface area contributed by atoms with Gasteiger partial charge in [-0.3, -0.25) is 4.99 Å². The van der Waals surface area contributed by atoms with Crippen LogP contribution in [0.4, 0.5) is 4.39 Å². The highest BCUT2D eigenvalue weighted by Gasteiger charge is 2.07. The fourth-order valence-corrected chi connectivity index (χ4v) is 3.53. The third-order valence-electron chi connectivity index (χ3n) is 4.98.